The van der Waals surface area contributed by atoms with E-state index < -0.39 is 0 Å². The molecule has 5 unspecified atom stereocenters. The van der Waals surface area contributed by atoms with Crippen molar-refractivity contribution in [1.82, 2.24) is 4.90 Å². The van der Waals surface area contributed by atoms with Crippen LogP contribution in [-0.4, -0.2) is 34.7 Å². The van der Waals surface area contributed by atoms with E-state index in [0.717, 1.165) is 18.6 Å². The lowest BCUT2D eigenvalue weighted by atomic mass is 9.92. The highest BCUT2D eigenvalue weighted by Crippen LogP contribution is 2.45. The van der Waals surface area contributed by atoms with Gasteiger partial charge in [-0.25, -0.2) is 0 Å². The third-order valence-corrected chi connectivity index (χ3v) is 3.91. The first-order valence-electron chi connectivity index (χ1n) is 4.80. The summed E-state index contributed by atoms with van der Waals surface area (Å²) in [6.07, 6.45) is 5.39. The van der Waals surface area contributed by atoms with Crippen molar-refractivity contribution in [1.29, 1.82) is 0 Å². The molecule has 3 fully saturated rings. The fraction of sp³-hybridized carbons (Fsp3) is 1.00. The van der Waals surface area contributed by atoms with E-state index in [1.54, 1.807) is 0 Å². The second-order valence-corrected chi connectivity index (χ2v) is 4.30. The zero-order valence-corrected chi connectivity index (χ0v) is 6.74. The summed E-state index contributed by atoms with van der Waals surface area (Å²) >= 11 is 0. The first-order chi connectivity index (χ1) is 5.36. The molecule has 0 spiro atoms. The molecule has 0 saturated carbocycles. The minimum Gasteiger partial charge on any atom is -0.391 e. The summed E-state index contributed by atoms with van der Waals surface area (Å²) in [6.45, 7) is 0.972. The molecule has 0 amide bonds. The smallest absolute Gasteiger partial charge is 0.0710 e. The number of hydrogen-bond donors (Lipinski definition) is 1. The van der Waals surface area contributed by atoms with Gasteiger partial charge >= 0.3 is 0 Å². The number of aliphatic hydroxyl groups excluding tert-OH is 1. The van der Waals surface area contributed by atoms with Gasteiger partial charge in [-0.15, -0.1) is 0 Å². The highest BCUT2D eigenvalue weighted by molar-refractivity contribution is 5.04. The van der Waals surface area contributed by atoms with Crippen LogP contribution in [0.5, 0.6) is 0 Å². The molecule has 1 N–H and O–H groups in total. The van der Waals surface area contributed by atoms with E-state index in [0.29, 0.717) is 5.92 Å². The summed E-state index contributed by atoms with van der Waals surface area (Å²) in [5, 5.41) is 9.68. The molecule has 62 valence electrons. The largest absolute Gasteiger partial charge is 0.391 e. The second-order valence-electron chi connectivity index (χ2n) is 4.30. The number of nitrogens with zero attached hydrogens (tertiary/aromatic N) is 1. The fourth-order valence-electron chi connectivity index (χ4n) is 3.40. The third kappa shape index (κ3) is 0.695. The number of aliphatic hydroxyl groups is 1. The number of rotatable bonds is 0. The minimum atomic E-state index is 0.00491. The van der Waals surface area contributed by atoms with Crippen LogP contribution in [0.25, 0.3) is 0 Å². The maximum Gasteiger partial charge on any atom is 0.0710 e. The van der Waals surface area contributed by atoms with Crippen molar-refractivity contribution < 1.29 is 5.11 Å². The Kier molecular flexibility index (Phi) is 1.16. The monoisotopic (exact) mass is 153 g/mol. The van der Waals surface area contributed by atoms with Crippen molar-refractivity contribution in [3.63, 3.8) is 0 Å². The van der Waals surface area contributed by atoms with Gasteiger partial charge in [-0.05, 0) is 25.7 Å². The quantitative estimate of drug-likeness (QED) is 0.551. The van der Waals surface area contributed by atoms with Crippen molar-refractivity contribution in [3.05, 3.63) is 0 Å². The van der Waals surface area contributed by atoms with Crippen LogP contribution in [0, 0.1) is 5.92 Å². The SMILES string of the molecule is OC1CN2C3CCC1C2CC3. The Morgan fingerprint density at radius 1 is 1.09 bits per heavy atom. The average Bonchev–Trinajstić information content (AvgIpc) is 2.40. The molecule has 0 radical (unpaired) electrons. The molecule has 0 aromatic rings. The number of hydrogen-bond acceptors (Lipinski definition) is 2. The van der Waals surface area contributed by atoms with Crippen LogP contribution in [0.2, 0.25) is 0 Å². The summed E-state index contributed by atoms with van der Waals surface area (Å²) in [5.74, 6) is 0.633. The molecule has 0 aliphatic carbocycles. The van der Waals surface area contributed by atoms with Crippen LogP contribution >= 0.6 is 0 Å². The Morgan fingerprint density at radius 3 is 2.73 bits per heavy atom. The van der Waals surface area contributed by atoms with Crippen LogP contribution in [-0.2, 0) is 0 Å². The van der Waals surface area contributed by atoms with Crippen molar-refractivity contribution in [3.8, 4) is 0 Å². The lowest BCUT2D eigenvalue weighted by molar-refractivity contribution is 0.131. The van der Waals surface area contributed by atoms with Gasteiger partial charge in [-0.3, -0.25) is 4.90 Å². The minimum absolute atomic E-state index is 0.00491. The molecule has 2 heteroatoms. The van der Waals surface area contributed by atoms with Crippen molar-refractivity contribution >= 4 is 0 Å². The van der Waals surface area contributed by atoms with E-state index in [-0.39, 0.29) is 6.10 Å². The fourth-order valence-corrected chi connectivity index (χ4v) is 3.40. The van der Waals surface area contributed by atoms with Gasteiger partial charge in [0.1, 0.15) is 0 Å². The van der Waals surface area contributed by atoms with E-state index in [4.69, 9.17) is 0 Å². The van der Waals surface area contributed by atoms with E-state index in [1.165, 1.54) is 25.7 Å². The van der Waals surface area contributed by atoms with Crippen LogP contribution in [0.4, 0.5) is 0 Å². The first-order valence-corrected chi connectivity index (χ1v) is 4.80. The molecule has 3 rings (SSSR count). The Bertz CT molecular complexity index is 180. The highest BCUT2D eigenvalue weighted by atomic mass is 16.3. The van der Waals surface area contributed by atoms with Crippen LogP contribution < -0.4 is 0 Å². The van der Waals surface area contributed by atoms with Gasteiger partial charge < -0.3 is 5.11 Å². The molecule has 4 bridgehead atoms. The first kappa shape index (κ1) is 6.44. The Labute approximate surface area is 67.2 Å². The summed E-state index contributed by atoms with van der Waals surface area (Å²) in [5.41, 5.74) is 0. The summed E-state index contributed by atoms with van der Waals surface area (Å²) in [7, 11) is 0. The average molecular weight is 153 g/mol. The van der Waals surface area contributed by atoms with Gasteiger partial charge in [-0.1, -0.05) is 0 Å². The van der Waals surface area contributed by atoms with E-state index >= 15 is 0 Å². The molecular formula is C9H15NO. The topological polar surface area (TPSA) is 23.5 Å². The molecule has 11 heavy (non-hydrogen) atoms. The molecule has 5 atom stereocenters. The van der Waals surface area contributed by atoms with Gasteiger partial charge in [0.25, 0.3) is 0 Å². The second kappa shape index (κ2) is 1.99. The van der Waals surface area contributed by atoms with Crippen LogP contribution in [0.3, 0.4) is 0 Å². The summed E-state index contributed by atoms with van der Waals surface area (Å²) in [6, 6.07) is 1.61. The normalized spacial score (nSPS) is 60.3. The molecule has 3 aliphatic rings. The molecule has 3 saturated heterocycles. The Balaban J connectivity index is 1.95. The standard InChI is InChI=1S/C9H15NO/c11-9-5-10-6-1-3-7(9)8(10)4-2-6/h6-9,11H,1-5H2. The Hall–Kier alpha value is -0.0800. The van der Waals surface area contributed by atoms with E-state index in [9.17, 15) is 5.11 Å². The lowest BCUT2D eigenvalue weighted by Gasteiger charge is -2.30. The zero-order chi connectivity index (χ0) is 7.42. The van der Waals surface area contributed by atoms with Gasteiger partial charge in [0.05, 0.1) is 6.10 Å². The lowest BCUT2D eigenvalue weighted by Crippen LogP contribution is -2.36. The predicted molar refractivity (Wildman–Crippen MR) is 42.2 cm³/mol. The molecule has 0 aromatic carbocycles. The number of piperidine rings is 1. The van der Waals surface area contributed by atoms with Crippen LogP contribution in [0.1, 0.15) is 25.7 Å². The summed E-state index contributed by atoms with van der Waals surface area (Å²) < 4.78 is 0. The zero-order valence-electron chi connectivity index (χ0n) is 6.74. The molecule has 0 aromatic heterocycles. The van der Waals surface area contributed by atoms with Gasteiger partial charge in [0.15, 0.2) is 0 Å². The Morgan fingerprint density at radius 2 is 1.91 bits per heavy atom. The maximum atomic E-state index is 9.68. The van der Waals surface area contributed by atoms with E-state index in [1.807, 2.05) is 0 Å². The predicted octanol–water partition coefficient (Wildman–Crippen LogP) is 0.604. The molecular weight excluding hydrogens is 138 g/mol. The van der Waals surface area contributed by atoms with Gasteiger partial charge in [-0.2, -0.15) is 0 Å². The van der Waals surface area contributed by atoms with Crippen molar-refractivity contribution in [2.24, 2.45) is 5.92 Å². The van der Waals surface area contributed by atoms with Crippen molar-refractivity contribution in [2.75, 3.05) is 6.54 Å². The van der Waals surface area contributed by atoms with E-state index in [2.05, 4.69) is 4.90 Å². The highest BCUT2D eigenvalue weighted by Gasteiger charge is 2.50. The van der Waals surface area contributed by atoms with Crippen molar-refractivity contribution in [2.45, 2.75) is 43.9 Å². The molecule has 2 nitrogen and oxygen atoms in total. The molecule has 3 aliphatic heterocycles. The molecule has 3 heterocycles. The summed E-state index contributed by atoms with van der Waals surface area (Å²) in [4.78, 5) is 2.55. The van der Waals surface area contributed by atoms with Gasteiger partial charge in [0.2, 0.25) is 0 Å². The maximum absolute atomic E-state index is 9.68. The third-order valence-electron chi connectivity index (χ3n) is 3.91. The van der Waals surface area contributed by atoms with Crippen LogP contribution in [0.15, 0.2) is 0 Å². The van der Waals surface area contributed by atoms with Gasteiger partial charge in [0, 0.05) is 24.5 Å².